The van der Waals surface area contributed by atoms with Crippen molar-refractivity contribution in [1.82, 2.24) is 19.6 Å². The molecule has 2 aromatic heterocycles. The highest BCUT2D eigenvalue weighted by molar-refractivity contribution is 9.10. The standard InChI is InChI=1S/C15H13BrClN5O2/c1-21-14(13(16)7-18-21)15(23)20-11-6-19-22(8-11)9-24-12-4-2-3-10(17)5-12/h2-8H,9H2,1H3,(H,20,23). The molecule has 3 rings (SSSR count). The molecule has 0 aliphatic carbocycles. The number of amides is 1. The SMILES string of the molecule is Cn1ncc(Br)c1C(=O)Nc1cnn(COc2cccc(Cl)c2)c1. The third-order valence-corrected chi connectivity index (χ3v) is 3.98. The number of rotatable bonds is 5. The Bertz CT molecular complexity index is 857. The molecule has 0 atom stereocenters. The van der Waals surface area contributed by atoms with Crippen LogP contribution in [0.4, 0.5) is 5.69 Å². The molecule has 124 valence electrons. The van der Waals surface area contributed by atoms with Crippen molar-refractivity contribution in [1.29, 1.82) is 0 Å². The van der Waals surface area contributed by atoms with Crippen LogP contribution in [-0.2, 0) is 13.8 Å². The van der Waals surface area contributed by atoms with Crippen molar-refractivity contribution in [3.8, 4) is 5.75 Å². The summed E-state index contributed by atoms with van der Waals surface area (Å²) in [5.74, 6) is 0.361. The van der Waals surface area contributed by atoms with Crippen molar-refractivity contribution in [3.63, 3.8) is 0 Å². The van der Waals surface area contributed by atoms with Crippen molar-refractivity contribution in [2.24, 2.45) is 7.05 Å². The number of benzene rings is 1. The lowest BCUT2D eigenvalue weighted by atomic mass is 10.3. The molecule has 0 aliphatic heterocycles. The fourth-order valence-electron chi connectivity index (χ4n) is 2.05. The first-order chi connectivity index (χ1) is 11.5. The minimum absolute atomic E-state index is 0.200. The molecule has 0 fully saturated rings. The summed E-state index contributed by atoms with van der Waals surface area (Å²) in [5, 5.41) is 11.5. The molecule has 2 heterocycles. The number of hydrogen-bond donors (Lipinski definition) is 1. The number of carbonyl (C=O) groups is 1. The smallest absolute Gasteiger partial charge is 0.275 e. The molecule has 0 saturated carbocycles. The first-order valence-electron chi connectivity index (χ1n) is 6.92. The maximum absolute atomic E-state index is 12.3. The largest absolute Gasteiger partial charge is 0.471 e. The molecule has 7 nitrogen and oxygen atoms in total. The van der Waals surface area contributed by atoms with Gasteiger partial charge in [0.2, 0.25) is 0 Å². The number of hydrogen-bond acceptors (Lipinski definition) is 4. The number of aromatic nitrogens is 4. The van der Waals surface area contributed by atoms with E-state index in [0.717, 1.165) is 0 Å². The van der Waals surface area contributed by atoms with E-state index in [2.05, 4.69) is 31.4 Å². The molecule has 0 unspecified atom stereocenters. The second-order valence-electron chi connectivity index (χ2n) is 4.92. The van der Waals surface area contributed by atoms with Crippen molar-refractivity contribution in [2.75, 3.05) is 5.32 Å². The molecule has 1 N–H and O–H groups in total. The van der Waals surface area contributed by atoms with E-state index in [-0.39, 0.29) is 12.6 Å². The summed E-state index contributed by atoms with van der Waals surface area (Å²) in [5.41, 5.74) is 0.987. The van der Waals surface area contributed by atoms with Crippen molar-refractivity contribution >= 4 is 39.1 Å². The van der Waals surface area contributed by atoms with E-state index < -0.39 is 0 Å². The van der Waals surface area contributed by atoms with E-state index >= 15 is 0 Å². The average Bonchev–Trinajstić information content (AvgIpc) is 3.12. The van der Waals surface area contributed by atoms with Crippen LogP contribution in [-0.4, -0.2) is 25.5 Å². The summed E-state index contributed by atoms with van der Waals surface area (Å²) in [4.78, 5) is 12.3. The molecular formula is C15H13BrClN5O2. The molecule has 0 radical (unpaired) electrons. The topological polar surface area (TPSA) is 74.0 Å². The highest BCUT2D eigenvalue weighted by atomic mass is 79.9. The summed E-state index contributed by atoms with van der Waals surface area (Å²) >= 11 is 9.20. The lowest BCUT2D eigenvalue weighted by Crippen LogP contribution is -2.16. The number of ether oxygens (including phenoxy) is 1. The number of aryl methyl sites for hydroxylation is 1. The maximum Gasteiger partial charge on any atom is 0.275 e. The van der Waals surface area contributed by atoms with Crippen LogP contribution in [0.15, 0.2) is 47.3 Å². The number of carbonyl (C=O) groups excluding carboxylic acids is 1. The Balaban J connectivity index is 1.62. The molecule has 1 aromatic carbocycles. The Morgan fingerprint density at radius 1 is 1.38 bits per heavy atom. The number of anilines is 1. The van der Waals surface area contributed by atoms with Crippen LogP contribution in [0.5, 0.6) is 5.75 Å². The summed E-state index contributed by atoms with van der Waals surface area (Å²) in [6, 6.07) is 7.09. The highest BCUT2D eigenvalue weighted by Gasteiger charge is 2.16. The zero-order valence-corrected chi connectivity index (χ0v) is 15.0. The zero-order chi connectivity index (χ0) is 17.1. The first-order valence-corrected chi connectivity index (χ1v) is 8.09. The average molecular weight is 411 g/mol. The maximum atomic E-state index is 12.3. The van der Waals surface area contributed by atoms with Gasteiger partial charge in [0.25, 0.3) is 5.91 Å². The zero-order valence-electron chi connectivity index (χ0n) is 12.6. The first kappa shape index (κ1) is 16.5. The molecule has 1 amide bonds. The molecule has 0 spiro atoms. The Morgan fingerprint density at radius 3 is 2.92 bits per heavy atom. The van der Waals surface area contributed by atoms with Gasteiger partial charge in [-0.2, -0.15) is 10.2 Å². The molecule has 24 heavy (non-hydrogen) atoms. The van der Waals surface area contributed by atoms with Crippen molar-refractivity contribution in [2.45, 2.75) is 6.73 Å². The van der Waals surface area contributed by atoms with Gasteiger partial charge in [-0.1, -0.05) is 17.7 Å². The van der Waals surface area contributed by atoms with Crippen LogP contribution in [0.3, 0.4) is 0 Å². The van der Waals surface area contributed by atoms with Gasteiger partial charge in [-0.15, -0.1) is 0 Å². The Morgan fingerprint density at radius 2 is 2.21 bits per heavy atom. The fraction of sp³-hybridized carbons (Fsp3) is 0.133. The minimum Gasteiger partial charge on any atom is -0.471 e. The summed E-state index contributed by atoms with van der Waals surface area (Å²) < 4.78 is 9.26. The van der Waals surface area contributed by atoms with E-state index in [1.807, 2.05) is 0 Å². The number of nitrogens with zero attached hydrogens (tertiary/aromatic N) is 4. The summed E-state index contributed by atoms with van der Waals surface area (Å²) in [7, 11) is 1.70. The lowest BCUT2D eigenvalue weighted by Gasteiger charge is -2.06. The van der Waals surface area contributed by atoms with Gasteiger partial charge in [0, 0.05) is 12.1 Å². The normalized spacial score (nSPS) is 10.6. The van der Waals surface area contributed by atoms with Crippen LogP contribution in [0.1, 0.15) is 10.5 Å². The van der Waals surface area contributed by atoms with Gasteiger partial charge in [-0.25, -0.2) is 4.68 Å². The third kappa shape index (κ3) is 3.77. The van der Waals surface area contributed by atoms with E-state index in [0.29, 0.717) is 26.6 Å². The van der Waals surface area contributed by atoms with E-state index in [1.54, 1.807) is 54.6 Å². The fourth-order valence-corrected chi connectivity index (χ4v) is 2.76. The van der Waals surface area contributed by atoms with Gasteiger partial charge in [-0.3, -0.25) is 9.48 Å². The molecule has 0 saturated heterocycles. The van der Waals surface area contributed by atoms with E-state index in [4.69, 9.17) is 16.3 Å². The second-order valence-corrected chi connectivity index (χ2v) is 6.21. The molecule has 9 heteroatoms. The summed E-state index contributed by atoms with van der Waals surface area (Å²) in [6.45, 7) is 0.200. The predicted molar refractivity (Wildman–Crippen MR) is 93.2 cm³/mol. The van der Waals surface area contributed by atoms with Gasteiger partial charge >= 0.3 is 0 Å². The monoisotopic (exact) mass is 409 g/mol. The Hall–Kier alpha value is -2.32. The van der Waals surface area contributed by atoms with Crippen LogP contribution in [0, 0.1) is 0 Å². The predicted octanol–water partition coefficient (Wildman–Crippen LogP) is 3.32. The Labute approximate surface area is 151 Å². The van der Waals surface area contributed by atoms with Gasteiger partial charge in [0.15, 0.2) is 6.73 Å². The van der Waals surface area contributed by atoms with Crippen molar-refractivity contribution < 1.29 is 9.53 Å². The van der Waals surface area contributed by atoms with Gasteiger partial charge in [0.05, 0.1) is 28.8 Å². The van der Waals surface area contributed by atoms with Crippen LogP contribution in [0.2, 0.25) is 5.02 Å². The third-order valence-electron chi connectivity index (χ3n) is 3.16. The van der Waals surface area contributed by atoms with Crippen LogP contribution >= 0.6 is 27.5 Å². The molecule has 3 aromatic rings. The van der Waals surface area contributed by atoms with Gasteiger partial charge < -0.3 is 10.1 Å². The molecular weight excluding hydrogens is 398 g/mol. The lowest BCUT2D eigenvalue weighted by molar-refractivity contribution is 0.101. The van der Waals surface area contributed by atoms with Crippen LogP contribution < -0.4 is 10.1 Å². The van der Waals surface area contributed by atoms with Gasteiger partial charge in [0.1, 0.15) is 11.4 Å². The Kier molecular flexibility index (Phi) is 4.86. The second kappa shape index (κ2) is 7.06. The van der Waals surface area contributed by atoms with Gasteiger partial charge in [-0.05, 0) is 34.1 Å². The van der Waals surface area contributed by atoms with Crippen LogP contribution in [0.25, 0.3) is 0 Å². The molecule has 0 aliphatic rings. The quantitative estimate of drug-likeness (QED) is 0.700. The number of nitrogens with one attached hydrogen (secondary N) is 1. The van der Waals surface area contributed by atoms with Crippen molar-refractivity contribution in [3.05, 3.63) is 58.0 Å². The van der Waals surface area contributed by atoms with E-state index in [1.165, 1.54) is 4.68 Å². The highest BCUT2D eigenvalue weighted by Crippen LogP contribution is 2.19. The molecule has 0 bridgehead atoms. The minimum atomic E-state index is -0.280. The van der Waals surface area contributed by atoms with E-state index in [9.17, 15) is 4.79 Å². The summed E-state index contributed by atoms with van der Waals surface area (Å²) in [6.07, 6.45) is 4.79. The number of halogens is 2.